The zero-order valence-corrected chi connectivity index (χ0v) is 23.1. The Morgan fingerprint density at radius 2 is 2.15 bits per heavy atom. The van der Waals surface area contributed by atoms with Gasteiger partial charge in [-0.3, -0.25) is 14.5 Å². The van der Waals surface area contributed by atoms with Gasteiger partial charge in [-0.05, 0) is 6.07 Å². The summed E-state index contributed by atoms with van der Waals surface area (Å²) in [5, 5.41) is 31.0. The fourth-order valence-electron chi connectivity index (χ4n) is 4.42. The number of rotatable bonds is 10. The first kappa shape index (κ1) is 28.0. The summed E-state index contributed by atoms with van der Waals surface area (Å²) in [4.78, 5) is 52.6. The maximum absolute atomic E-state index is 13.1. The molecule has 0 unspecified atom stereocenters. The number of aliphatic carboxylic acids is 1. The van der Waals surface area contributed by atoms with Gasteiger partial charge in [-0.2, -0.15) is 4.98 Å². The van der Waals surface area contributed by atoms with Gasteiger partial charge < -0.3 is 31.8 Å². The van der Waals surface area contributed by atoms with Crippen molar-refractivity contribution < 1.29 is 34.0 Å². The normalized spacial score (nSPS) is 18.6. The molecule has 0 aliphatic carbocycles. The van der Waals surface area contributed by atoms with Gasteiger partial charge in [0, 0.05) is 22.8 Å². The number of hydrogen-bond acceptors (Lipinski definition) is 13. The van der Waals surface area contributed by atoms with Crippen LogP contribution in [0.1, 0.15) is 5.69 Å². The minimum atomic E-state index is -1.25. The van der Waals surface area contributed by atoms with Gasteiger partial charge in [0.15, 0.2) is 35.6 Å². The number of thioether (sulfide) groups is 1. The van der Waals surface area contributed by atoms with Crippen molar-refractivity contribution in [1.29, 1.82) is 0 Å². The number of nitrogen functional groups attached to an aromatic ring is 2. The van der Waals surface area contributed by atoms with Crippen molar-refractivity contribution >= 4 is 57.7 Å². The van der Waals surface area contributed by atoms with Crippen LogP contribution < -0.4 is 21.4 Å². The van der Waals surface area contributed by atoms with Crippen LogP contribution in [-0.2, 0) is 32.3 Å². The summed E-state index contributed by atoms with van der Waals surface area (Å²) in [5.41, 5.74) is 12.6. The molecule has 2 aliphatic heterocycles. The molecule has 0 spiro atoms. The average Bonchev–Trinajstić information content (AvgIpc) is 3.55. The number of aromatic nitrogens is 5. The van der Waals surface area contributed by atoms with Crippen LogP contribution in [0.2, 0.25) is 0 Å². The number of aliphatic hydroxyl groups is 1. The Hall–Kier alpha value is -4.55. The van der Waals surface area contributed by atoms with Crippen molar-refractivity contribution in [3.05, 3.63) is 46.9 Å². The molecule has 0 saturated carbocycles. The number of carboxylic acid groups (broad SMARTS) is 1. The van der Waals surface area contributed by atoms with E-state index >= 15 is 0 Å². The molecule has 41 heavy (non-hydrogen) atoms. The highest BCUT2D eigenvalue weighted by molar-refractivity contribution is 8.00. The van der Waals surface area contributed by atoms with E-state index in [0.29, 0.717) is 22.7 Å². The van der Waals surface area contributed by atoms with Crippen LogP contribution in [0.3, 0.4) is 0 Å². The second kappa shape index (κ2) is 11.5. The van der Waals surface area contributed by atoms with Crippen molar-refractivity contribution in [2.24, 2.45) is 5.16 Å². The summed E-state index contributed by atoms with van der Waals surface area (Å²) in [6.45, 7) is 0.234. The van der Waals surface area contributed by atoms with Crippen molar-refractivity contribution in [3.63, 3.8) is 0 Å². The van der Waals surface area contributed by atoms with Crippen LogP contribution in [0.4, 0.5) is 11.1 Å². The summed E-state index contributed by atoms with van der Waals surface area (Å²) >= 11 is 2.45. The number of thiazole rings is 1. The molecular weight excluding hydrogens is 576 g/mol. The number of anilines is 2. The third-order valence-electron chi connectivity index (χ3n) is 6.20. The summed E-state index contributed by atoms with van der Waals surface area (Å²) in [6.07, 6.45) is 3.49. The molecule has 0 radical (unpaired) electrons. The number of hydrogen-bond donors (Lipinski definition) is 5. The highest BCUT2D eigenvalue weighted by atomic mass is 32.2. The van der Waals surface area contributed by atoms with E-state index in [1.807, 2.05) is 0 Å². The molecule has 2 atom stereocenters. The molecule has 1 fully saturated rings. The van der Waals surface area contributed by atoms with Crippen LogP contribution in [0.25, 0.3) is 11.4 Å². The second-order valence-electron chi connectivity index (χ2n) is 8.82. The van der Waals surface area contributed by atoms with E-state index in [4.69, 9.17) is 21.4 Å². The summed E-state index contributed by atoms with van der Waals surface area (Å²) < 4.78 is 3.14. The molecule has 1 saturated heterocycles. The number of β-lactam (4-membered cyclic amide) rings is 1. The lowest BCUT2D eigenvalue weighted by atomic mass is 10.0. The summed E-state index contributed by atoms with van der Waals surface area (Å²) in [7, 11) is 1.27. The molecule has 0 bridgehead atoms. The molecule has 0 aromatic carbocycles. The lowest BCUT2D eigenvalue weighted by Gasteiger charge is -2.49. The molecular formula is C23H25N10O6S2+. The standard InChI is InChI=1S/C23H24N10O6S2/c1-39-30-14(13-10-41-23(25)26-13)18(35)27-15-19(36)33-16(21(37)38)12(9-40-20(15)33)8-31-4-2-3-11(7-31)17-28-22(24)32(29-17)5-6-34/h2-4,7,10,15,20,34H,5-6,8-9H2,1H3,(H5-,24,25,26,27,28,29,35,37,38)/p+1/b30-14-/t15-,20-/m1/s1. The molecule has 7 N–H and O–H groups in total. The fraction of sp³-hybridized carbons (Fsp3) is 0.304. The van der Waals surface area contributed by atoms with E-state index in [9.17, 15) is 19.5 Å². The number of aliphatic hydroxyl groups excluding tert-OH is 1. The Kier molecular flexibility index (Phi) is 7.86. The van der Waals surface area contributed by atoms with Gasteiger partial charge in [0.25, 0.3) is 11.8 Å². The largest absolute Gasteiger partial charge is 0.477 e. The van der Waals surface area contributed by atoms with Crippen molar-refractivity contribution in [3.8, 4) is 11.4 Å². The first-order chi connectivity index (χ1) is 19.7. The van der Waals surface area contributed by atoms with E-state index in [0.717, 1.165) is 11.3 Å². The van der Waals surface area contributed by atoms with E-state index in [-0.39, 0.29) is 47.9 Å². The predicted molar refractivity (Wildman–Crippen MR) is 147 cm³/mol. The number of carboxylic acids is 1. The van der Waals surface area contributed by atoms with Gasteiger partial charge in [0.05, 0.1) is 18.7 Å². The minimum absolute atomic E-state index is 0.130. The molecule has 16 nitrogen and oxygen atoms in total. The first-order valence-corrected chi connectivity index (χ1v) is 14.0. The Labute approximate surface area is 240 Å². The van der Waals surface area contributed by atoms with Crippen LogP contribution >= 0.6 is 23.1 Å². The van der Waals surface area contributed by atoms with Crippen LogP contribution in [0, 0.1) is 0 Å². The quantitative estimate of drug-likeness (QED) is 0.0785. The predicted octanol–water partition coefficient (Wildman–Crippen LogP) is -1.36. The maximum Gasteiger partial charge on any atom is 0.352 e. The molecule has 18 heteroatoms. The monoisotopic (exact) mass is 601 g/mol. The zero-order valence-electron chi connectivity index (χ0n) is 21.5. The fourth-order valence-corrected chi connectivity index (χ4v) is 6.30. The molecule has 2 aliphatic rings. The van der Waals surface area contributed by atoms with Gasteiger partial charge in [-0.15, -0.1) is 28.2 Å². The lowest BCUT2D eigenvalue weighted by molar-refractivity contribution is -0.688. The van der Waals surface area contributed by atoms with Crippen LogP contribution in [0.5, 0.6) is 0 Å². The third kappa shape index (κ3) is 5.43. The van der Waals surface area contributed by atoms with E-state index in [1.165, 1.54) is 33.8 Å². The molecule has 214 valence electrons. The Bertz CT molecular complexity index is 1580. The number of carbonyl (C=O) groups excluding carboxylic acids is 2. The summed E-state index contributed by atoms with van der Waals surface area (Å²) in [6, 6.07) is 2.57. The topological polar surface area (TPSA) is 228 Å². The highest BCUT2D eigenvalue weighted by Crippen LogP contribution is 2.40. The molecule has 5 rings (SSSR count). The van der Waals surface area contributed by atoms with E-state index in [1.54, 1.807) is 29.1 Å². The first-order valence-electron chi connectivity index (χ1n) is 12.1. The highest BCUT2D eigenvalue weighted by Gasteiger charge is 2.54. The molecule has 3 aromatic rings. The van der Waals surface area contributed by atoms with Gasteiger partial charge in [-0.25, -0.2) is 19.0 Å². The molecule has 2 amide bonds. The zero-order chi connectivity index (χ0) is 29.3. The Morgan fingerprint density at radius 3 is 2.83 bits per heavy atom. The number of nitrogens with two attached hydrogens (primary N) is 2. The van der Waals surface area contributed by atoms with Gasteiger partial charge in [0.2, 0.25) is 5.95 Å². The third-order valence-corrected chi connectivity index (χ3v) is 8.21. The maximum atomic E-state index is 13.1. The number of pyridine rings is 1. The van der Waals surface area contributed by atoms with E-state index < -0.39 is 29.2 Å². The Balaban J connectivity index is 1.34. The number of fused-ring (bicyclic) bond motifs is 1. The number of amides is 2. The molecule has 3 aromatic heterocycles. The number of nitrogens with one attached hydrogen (secondary N) is 1. The van der Waals surface area contributed by atoms with Crippen molar-refractivity contribution in [2.75, 3.05) is 30.9 Å². The number of oxime groups is 1. The Morgan fingerprint density at radius 1 is 1.34 bits per heavy atom. The van der Waals surface area contributed by atoms with Crippen molar-refractivity contribution in [1.82, 2.24) is 30.0 Å². The van der Waals surface area contributed by atoms with Gasteiger partial charge >= 0.3 is 5.97 Å². The van der Waals surface area contributed by atoms with E-state index in [2.05, 4.69) is 25.5 Å². The smallest absolute Gasteiger partial charge is 0.352 e. The number of nitrogens with zero attached hydrogens (tertiary/aromatic N) is 7. The van der Waals surface area contributed by atoms with Crippen LogP contribution in [0.15, 0.2) is 46.3 Å². The summed E-state index contributed by atoms with van der Waals surface area (Å²) in [5.74, 6) is -1.71. The second-order valence-corrected chi connectivity index (χ2v) is 10.8. The SMILES string of the molecule is CO/N=C(\C(=O)N[C@@H]1C(=O)N2C(C(=O)O)=C(C[n+]3cccc(-c4nc(N)n(CCO)n4)c3)CS[C@H]12)c1csc(N)n1. The minimum Gasteiger partial charge on any atom is -0.477 e. The van der Waals surface area contributed by atoms with Crippen LogP contribution in [-0.4, -0.2) is 89.2 Å². The van der Waals surface area contributed by atoms with Gasteiger partial charge in [0.1, 0.15) is 29.9 Å². The average molecular weight is 602 g/mol. The van der Waals surface area contributed by atoms with Crippen molar-refractivity contribution in [2.45, 2.75) is 24.5 Å². The number of carbonyl (C=O) groups is 3. The lowest BCUT2D eigenvalue weighted by Crippen LogP contribution is -2.71. The molecule has 5 heterocycles. The van der Waals surface area contributed by atoms with Gasteiger partial charge in [-0.1, -0.05) is 5.16 Å².